The number of hydrogen-bond donors (Lipinski definition) is 19. The first-order chi connectivity index (χ1) is 57.8. The van der Waals surface area contributed by atoms with Crippen molar-refractivity contribution in [1.82, 2.24) is 52.8 Å². The van der Waals surface area contributed by atoms with Crippen LogP contribution in [0, 0.1) is 5.92 Å². The Morgan fingerprint density at radius 2 is 0.711 bits per heavy atom. The first-order valence-corrected chi connectivity index (χ1v) is 43.3. The Balaban J connectivity index is 1.30. The standard InChI is InChI=1S/C81H146N10O30/c1-53-71(106)72(107)58(46-92)119-77(53)115-38-18-15-24-61(98)82-32-21-35-85-64(101)29-41-112-50-81(90-67(104)27-13-11-9-7-8-10-12-14-28-68(105)91-45-57(97)44-56(91)49-118-80(4,5)6,51-113-42-30-65(102)86-36-22-33-83-62(99)25-16-19-39-116-78-69(88-54(2)95)75(110)73(108)59(47-93)120-78)52-114-43-31-66(103)87-37-23-34-84-63(100)26-17-20-40-117-79-70(89-55(3)96)76(111)74(109)60(48-94)121-79/h53,56-60,69-79,92-94,97,106-111H,7-52H2,1-6H3,(H,82,98)(H,83,99)(H,84,100)(H,85,101)(H,86,102)(H,87,103)(H,88,95)(H,89,96)(H,90,104)/t53?,56-,57+,58?,59?,60?,69?,70?,71?,72?,73?,74?,75?,76?,77?,78?,79?,81?/m0/s1. The van der Waals surface area contributed by atoms with Gasteiger partial charge in [-0.15, -0.1) is 0 Å². The lowest BCUT2D eigenvalue weighted by molar-refractivity contribution is -0.282. The number of aliphatic hydroxyl groups excluding tert-OH is 10. The normalized spacial score (nSPS) is 25.4. The Labute approximate surface area is 710 Å². The number of carbonyl (C=O) groups excluding carboxylic acids is 10. The number of aliphatic hydroxyl groups is 10. The molecule has 0 aromatic rings. The van der Waals surface area contributed by atoms with Gasteiger partial charge < -0.3 is 151 Å². The average Bonchev–Trinajstić information content (AvgIpc) is 1.37. The van der Waals surface area contributed by atoms with Crippen LogP contribution in [0.5, 0.6) is 0 Å². The number of ether oxygens (including phenoxy) is 10. The molecule has 4 heterocycles. The van der Waals surface area contributed by atoms with E-state index in [2.05, 4.69) is 47.9 Å². The molecule has 4 aliphatic rings. The molecule has 121 heavy (non-hydrogen) atoms. The first kappa shape index (κ1) is 107. The van der Waals surface area contributed by atoms with Crippen LogP contribution in [0.25, 0.3) is 0 Å². The number of nitrogens with one attached hydrogen (secondary N) is 9. The number of unbranched alkanes of at least 4 members (excludes halogenated alkanes) is 10. The van der Waals surface area contributed by atoms with Crippen LogP contribution in [-0.4, -0.2) is 356 Å². The molecule has 0 aliphatic carbocycles. The van der Waals surface area contributed by atoms with E-state index in [0.717, 1.165) is 44.9 Å². The largest absolute Gasteiger partial charge is 0.394 e. The molecule has 4 rings (SSSR count). The fourth-order valence-corrected chi connectivity index (χ4v) is 13.9. The van der Waals surface area contributed by atoms with Crippen LogP contribution in [0.3, 0.4) is 0 Å². The van der Waals surface area contributed by atoms with Crippen molar-refractivity contribution >= 4 is 59.1 Å². The molecule has 0 aromatic carbocycles. The number of nitrogens with zero attached hydrogens (tertiary/aromatic N) is 1. The summed E-state index contributed by atoms with van der Waals surface area (Å²) < 4.78 is 58.3. The molecule has 4 aliphatic heterocycles. The van der Waals surface area contributed by atoms with Gasteiger partial charge in [-0.3, -0.25) is 47.9 Å². The van der Waals surface area contributed by atoms with Crippen LogP contribution >= 0.6 is 0 Å². The van der Waals surface area contributed by atoms with E-state index in [1.807, 2.05) is 20.8 Å². The Kier molecular flexibility index (Phi) is 53.6. The first-order valence-electron chi connectivity index (χ1n) is 43.3. The summed E-state index contributed by atoms with van der Waals surface area (Å²) in [5, 5.41) is 126. The lowest BCUT2D eigenvalue weighted by Gasteiger charge is -2.42. The Morgan fingerprint density at radius 3 is 1.07 bits per heavy atom. The third kappa shape index (κ3) is 44.1. The maximum atomic E-state index is 14.1. The molecular weight excluding hydrogens is 1590 g/mol. The minimum Gasteiger partial charge on any atom is -0.394 e. The van der Waals surface area contributed by atoms with Crippen molar-refractivity contribution in [2.24, 2.45) is 5.92 Å². The fourth-order valence-electron chi connectivity index (χ4n) is 13.9. The average molecular weight is 1740 g/mol. The zero-order valence-corrected chi connectivity index (χ0v) is 71.9. The third-order valence-corrected chi connectivity index (χ3v) is 20.8. The highest BCUT2D eigenvalue weighted by atomic mass is 16.7. The van der Waals surface area contributed by atoms with Crippen molar-refractivity contribution in [3.8, 4) is 0 Å². The van der Waals surface area contributed by atoms with Gasteiger partial charge >= 0.3 is 0 Å². The summed E-state index contributed by atoms with van der Waals surface area (Å²) >= 11 is 0. The molecule has 40 heteroatoms. The fraction of sp³-hybridized carbons (Fsp3) is 0.877. The number of likely N-dealkylation sites (tertiary alicyclic amines) is 1. The molecule has 4 fully saturated rings. The van der Waals surface area contributed by atoms with Crippen LogP contribution in [0.4, 0.5) is 0 Å². The number of amides is 10. The second-order valence-corrected chi connectivity index (χ2v) is 32.7. The summed E-state index contributed by atoms with van der Waals surface area (Å²) in [6.07, 6.45) is -3.74. The Bertz CT molecular complexity index is 2880. The minimum atomic E-state index is -1.46. The van der Waals surface area contributed by atoms with Crippen molar-refractivity contribution in [3.63, 3.8) is 0 Å². The van der Waals surface area contributed by atoms with Crippen molar-refractivity contribution in [3.05, 3.63) is 0 Å². The molecule has 4 saturated heterocycles. The summed E-state index contributed by atoms with van der Waals surface area (Å²) in [6.45, 7) is 9.72. The monoisotopic (exact) mass is 1740 g/mol. The maximum Gasteiger partial charge on any atom is 0.222 e. The van der Waals surface area contributed by atoms with Crippen molar-refractivity contribution in [1.29, 1.82) is 0 Å². The summed E-state index contributed by atoms with van der Waals surface area (Å²) in [5.41, 5.74) is -1.78. The molecule has 0 saturated carbocycles. The lowest BCUT2D eigenvalue weighted by atomic mass is 9.92. The van der Waals surface area contributed by atoms with E-state index in [1.54, 1.807) is 11.8 Å². The molecule has 40 nitrogen and oxygen atoms in total. The van der Waals surface area contributed by atoms with Crippen molar-refractivity contribution in [2.75, 3.05) is 132 Å². The zero-order valence-electron chi connectivity index (χ0n) is 71.9. The molecule has 700 valence electrons. The van der Waals surface area contributed by atoms with Gasteiger partial charge in [0.15, 0.2) is 18.9 Å². The highest BCUT2D eigenvalue weighted by Crippen LogP contribution is 2.29. The summed E-state index contributed by atoms with van der Waals surface area (Å²) in [5.74, 6) is -3.66. The van der Waals surface area contributed by atoms with Gasteiger partial charge in [-0.05, 0) is 97.8 Å². The van der Waals surface area contributed by atoms with Crippen molar-refractivity contribution < 1.29 is 146 Å². The molecule has 0 aromatic heterocycles. The second-order valence-electron chi connectivity index (χ2n) is 32.7. The quantitative estimate of drug-likeness (QED) is 0.0272. The molecule has 19 N–H and O–H groups in total. The van der Waals surface area contributed by atoms with E-state index in [4.69, 9.17) is 47.4 Å². The highest BCUT2D eigenvalue weighted by molar-refractivity contribution is 5.79. The molecular formula is C81H146N10O30. The van der Waals surface area contributed by atoms with Gasteiger partial charge in [0, 0.05) is 137 Å². The van der Waals surface area contributed by atoms with Crippen LogP contribution in [-0.2, 0) is 95.3 Å². The van der Waals surface area contributed by atoms with Gasteiger partial charge in [-0.2, -0.15) is 0 Å². The van der Waals surface area contributed by atoms with Gasteiger partial charge in [-0.1, -0.05) is 45.4 Å². The Morgan fingerprint density at radius 1 is 0.388 bits per heavy atom. The van der Waals surface area contributed by atoms with Crippen LogP contribution < -0.4 is 47.9 Å². The Hall–Kier alpha value is -6.10. The smallest absolute Gasteiger partial charge is 0.222 e. The maximum absolute atomic E-state index is 14.1. The second kappa shape index (κ2) is 60.5. The number of rotatable bonds is 64. The topological polar surface area (TPSA) is 577 Å². The molecule has 0 radical (unpaired) electrons. The summed E-state index contributed by atoms with van der Waals surface area (Å²) in [7, 11) is 0. The molecule has 10 amide bonds. The number of carbonyl (C=O) groups is 10. The van der Waals surface area contributed by atoms with Crippen molar-refractivity contribution in [2.45, 2.75) is 318 Å². The summed E-state index contributed by atoms with van der Waals surface area (Å²) in [4.78, 5) is 130. The van der Waals surface area contributed by atoms with Crippen LogP contribution in [0.15, 0.2) is 0 Å². The predicted molar refractivity (Wildman–Crippen MR) is 434 cm³/mol. The minimum absolute atomic E-state index is 0.0160. The van der Waals surface area contributed by atoms with Gasteiger partial charge in [-0.25, -0.2) is 0 Å². The third-order valence-electron chi connectivity index (χ3n) is 20.8. The number of β-amino-alcohol motifs (C(OH)–C–C–N with tert-alkyl or cyclic N) is 1. The lowest BCUT2D eigenvalue weighted by Crippen LogP contribution is -2.64. The van der Waals surface area contributed by atoms with E-state index in [0.29, 0.717) is 90.2 Å². The number of hydrogen-bond acceptors (Lipinski definition) is 30. The molecule has 15 unspecified atom stereocenters. The van der Waals surface area contributed by atoms with E-state index in [1.165, 1.54) is 13.8 Å². The molecule has 0 spiro atoms. The van der Waals surface area contributed by atoms with E-state index in [9.17, 15) is 99.0 Å². The van der Waals surface area contributed by atoms with Gasteiger partial charge in [0.2, 0.25) is 59.1 Å². The SMILES string of the molecule is CC(=O)NC1C(OCCCCC(=O)NCCCNC(=O)CCOCC(COCCC(=O)NCCCNC(=O)CCCCOC2OC(CO)C(O)C(O)C2C)(COCCC(=O)NCCCNC(=O)CCCCOC2OC(CO)C(O)C(O)C2NC(C)=O)NC(=O)CCCCCCCCCCC(=O)N2C[C@H](O)C[C@H]2COC(C)(C)C)OC(CO)C(O)C1O. The zero-order chi connectivity index (χ0) is 89.1. The van der Waals surface area contributed by atoms with E-state index < -0.39 is 135 Å². The molecule has 17 atom stereocenters. The van der Waals surface area contributed by atoms with Crippen LogP contribution in [0.2, 0.25) is 0 Å². The van der Waals surface area contributed by atoms with E-state index >= 15 is 0 Å². The van der Waals surface area contributed by atoms with Crippen LogP contribution in [0.1, 0.15) is 208 Å². The van der Waals surface area contributed by atoms with Gasteiger partial charge in [0.1, 0.15) is 66.5 Å². The van der Waals surface area contributed by atoms with Gasteiger partial charge in [0.05, 0.1) is 89.9 Å². The predicted octanol–water partition coefficient (Wildman–Crippen LogP) is -2.87. The summed E-state index contributed by atoms with van der Waals surface area (Å²) in [6, 6.07) is -2.35. The van der Waals surface area contributed by atoms with Gasteiger partial charge in [0.25, 0.3) is 0 Å². The molecule has 0 bridgehead atoms. The highest BCUT2D eigenvalue weighted by Gasteiger charge is 2.48. The van der Waals surface area contributed by atoms with E-state index in [-0.39, 0.29) is 203 Å².